The lowest BCUT2D eigenvalue weighted by atomic mass is 9.70. The first kappa shape index (κ1) is 28.1. The molecule has 1 spiro atoms. The third-order valence-electron chi connectivity index (χ3n) is 8.47. The van der Waals surface area contributed by atoms with Crippen LogP contribution in [0.4, 0.5) is 11.4 Å². The molecule has 6 atom stereocenters. The molecule has 3 aliphatic heterocycles. The van der Waals surface area contributed by atoms with Crippen LogP contribution in [0.25, 0.3) is 0 Å². The average molecular weight is 528 g/mol. The number of likely N-dealkylation sites (tertiary alicyclic amines) is 1. The highest BCUT2D eigenvalue weighted by atomic mass is 16.6. The summed E-state index contributed by atoms with van der Waals surface area (Å²) >= 11 is 0. The maximum Gasteiger partial charge on any atom is 0.312 e. The number of benzene rings is 1. The molecular weight excluding hydrogens is 486 g/mol. The topological polar surface area (TPSA) is 99.6 Å². The predicted octanol–water partition coefficient (Wildman–Crippen LogP) is 2.76. The lowest BCUT2D eigenvalue weighted by molar-refractivity contribution is -0.155. The third-order valence-corrected chi connectivity index (χ3v) is 8.47. The molecular formula is C29H41N3O6. The zero-order chi connectivity index (χ0) is 27.6. The van der Waals surface area contributed by atoms with Crippen LogP contribution < -0.4 is 9.80 Å². The Bertz CT molecular complexity index is 1040. The van der Waals surface area contributed by atoms with Crippen molar-refractivity contribution in [3.8, 4) is 0 Å². The van der Waals surface area contributed by atoms with Crippen LogP contribution in [0, 0.1) is 11.8 Å². The van der Waals surface area contributed by atoms with Crippen LogP contribution in [-0.2, 0) is 23.9 Å². The van der Waals surface area contributed by atoms with E-state index in [0.717, 1.165) is 18.8 Å². The second-order valence-electron chi connectivity index (χ2n) is 10.2. The first-order chi connectivity index (χ1) is 18.3. The number of carbonyl (C=O) groups excluding carboxylic acids is 3. The fourth-order valence-electron chi connectivity index (χ4n) is 6.72. The Balaban J connectivity index is 1.76. The molecule has 9 heteroatoms. The van der Waals surface area contributed by atoms with Gasteiger partial charge in [0.15, 0.2) is 0 Å². The highest BCUT2D eigenvalue weighted by Crippen LogP contribution is 2.59. The Morgan fingerprint density at radius 1 is 1.21 bits per heavy atom. The summed E-state index contributed by atoms with van der Waals surface area (Å²) in [5.41, 5.74) is 0.603. The van der Waals surface area contributed by atoms with Gasteiger partial charge in [0.25, 0.3) is 5.91 Å². The van der Waals surface area contributed by atoms with E-state index in [1.165, 1.54) is 4.90 Å². The summed E-state index contributed by atoms with van der Waals surface area (Å²) in [6, 6.07) is 6.25. The molecule has 1 N–H and O–H groups in total. The Hall–Kier alpha value is -2.91. The van der Waals surface area contributed by atoms with Crippen molar-refractivity contribution in [2.24, 2.45) is 11.8 Å². The number of amides is 2. The summed E-state index contributed by atoms with van der Waals surface area (Å²) in [7, 11) is 0. The molecule has 2 bridgehead atoms. The number of hydrogen-bond donors (Lipinski definition) is 1. The van der Waals surface area contributed by atoms with Gasteiger partial charge in [0.1, 0.15) is 11.6 Å². The molecule has 0 aromatic heterocycles. The third kappa shape index (κ3) is 4.39. The molecule has 2 amide bonds. The zero-order valence-corrected chi connectivity index (χ0v) is 23.0. The molecule has 0 radical (unpaired) electrons. The monoisotopic (exact) mass is 527 g/mol. The molecule has 38 heavy (non-hydrogen) atoms. The van der Waals surface area contributed by atoms with Crippen molar-refractivity contribution in [1.29, 1.82) is 0 Å². The van der Waals surface area contributed by atoms with Gasteiger partial charge in [0, 0.05) is 31.0 Å². The number of anilines is 2. The van der Waals surface area contributed by atoms with Crippen molar-refractivity contribution < 1.29 is 29.0 Å². The van der Waals surface area contributed by atoms with E-state index in [9.17, 15) is 19.5 Å². The number of ether oxygens (including phenoxy) is 2. The first-order valence-corrected chi connectivity index (χ1v) is 13.9. The molecule has 3 fully saturated rings. The number of carbonyl (C=O) groups is 3. The molecule has 1 aromatic rings. The van der Waals surface area contributed by atoms with E-state index < -0.39 is 41.6 Å². The fourth-order valence-corrected chi connectivity index (χ4v) is 6.72. The van der Waals surface area contributed by atoms with Crippen molar-refractivity contribution in [3.63, 3.8) is 0 Å². The van der Waals surface area contributed by atoms with Gasteiger partial charge < -0.3 is 29.3 Å². The van der Waals surface area contributed by atoms with Crippen molar-refractivity contribution in [2.45, 2.75) is 70.7 Å². The Labute approximate surface area is 225 Å². The van der Waals surface area contributed by atoms with Crippen molar-refractivity contribution >= 4 is 29.2 Å². The normalized spacial score (nSPS) is 28.2. The minimum Gasteiger partial charge on any atom is -0.466 e. The van der Waals surface area contributed by atoms with Gasteiger partial charge in [-0.3, -0.25) is 14.4 Å². The van der Waals surface area contributed by atoms with Crippen LogP contribution in [-0.4, -0.2) is 84.4 Å². The number of hydrogen-bond acceptors (Lipinski definition) is 7. The van der Waals surface area contributed by atoms with Gasteiger partial charge in [0.05, 0.1) is 37.2 Å². The molecule has 0 aliphatic carbocycles. The lowest BCUT2D eigenvalue weighted by Gasteiger charge is -2.39. The Kier molecular flexibility index (Phi) is 8.47. The molecule has 2 unspecified atom stereocenters. The molecule has 3 heterocycles. The average Bonchev–Trinajstić information content (AvgIpc) is 3.57. The minimum absolute atomic E-state index is 0.201. The maximum absolute atomic E-state index is 14.5. The van der Waals surface area contributed by atoms with Crippen LogP contribution in [0.1, 0.15) is 47.0 Å². The summed E-state index contributed by atoms with van der Waals surface area (Å²) in [6.07, 6.45) is 2.71. The summed E-state index contributed by atoms with van der Waals surface area (Å²) < 4.78 is 11.8. The van der Waals surface area contributed by atoms with Crippen LogP contribution in [0.2, 0.25) is 0 Å². The van der Waals surface area contributed by atoms with E-state index in [1.807, 2.05) is 31.2 Å². The van der Waals surface area contributed by atoms with Gasteiger partial charge in [-0.15, -0.1) is 6.58 Å². The van der Waals surface area contributed by atoms with Crippen molar-refractivity contribution in [3.05, 3.63) is 36.9 Å². The lowest BCUT2D eigenvalue weighted by Crippen LogP contribution is -2.59. The van der Waals surface area contributed by atoms with E-state index in [1.54, 1.807) is 17.9 Å². The van der Waals surface area contributed by atoms with Crippen LogP contribution in [0.15, 0.2) is 36.9 Å². The van der Waals surface area contributed by atoms with E-state index in [2.05, 4.69) is 25.3 Å². The van der Waals surface area contributed by atoms with Gasteiger partial charge in [-0.25, -0.2) is 0 Å². The highest BCUT2D eigenvalue weighted by molar-refractivity contribution is 6.05. The number of aliphatic hydroxyl groups excluding tert-OH is 1. The van der Waals surface area contributed by atoms with Gasteiger partial charge in [-0.1, -0.05) is 13.0 Å². The Morgan fingerprint density at radius 2 is 1.87 bits per heavy atom. The number of nitrogens with zero attached hydrogens (tertiary/aromatic N) is 3. The predicted molar refractivity (Wildman–Crippen MR) is 145 cm³/mol. The number of aliphatic hydroxyl groups is 1. The molecule has 0 saturated carbocycles. The molecule has 1 aromatic carbocycles. The van der Waals surface area contributed by atoms with Crippen LogP contribution in [0.3, 0.4) is 0 Å². The van der Waals surface area contributed by atoms with E-state index in [-0.39, 0.29) is 31.6 Å². The number of rotatable bonds is 12. The SMILES string of the molecule is C=CCN(C(=O)C1N([C@@H](CC)CO)C(=O)[C@@H]2[C@@H](C(=O)OCC)[C@H]3CCC12O3)c1ccc(N(CC)CC)cc1. The summed E-state index contributed by atoms with van der Waals surface area (Å²) in [6.45, 7) is 13.5. The van der Waals surface area contributed by atoms with Gasteiger partial charge >= 0.3 is 5.97 Å². The van der Waals surface area contributed by atoms with Gasteiger partial charge in [-0.2, -0.15) is 0 Å². The van der Waals surface area contributed by atoms with E-state index in [4.69, 9.17) is 9.47 Å². The summed E-state index contributed by atoms with van der Waals surface area (Å²) in [4.78, 5) is 46.8. The summed E-state index contributed by atoms with van der Waals surface area (Å²) in [5.74, 6) is -2.65. The highest BCUT2D eigenvalue weighted by Gasteiger charge is 2.75. The van der Waals surface area contributed by atoms with E-state index in [0.29, 0.717) is 24.9 Å². The van der Waals surface area contributed by atoms with Crippen LogP contribution in [0.5, 0.6) is 0 Å². The number of fused-ring (bicyclic) bond motifs is 1. The fraction of sp³-hybridized carbons (Fsp3) is 0.621. The Morgan fingerprint density at radius 3 is 2.42 bits per heavy atom. The number of esters is 1. The molecule has 4 rings (SSSR count). The quantitative estimate of drug-likeness (QED) is 0.330. The van der Waals surface area contributed by atoms with Crippen molar-refractivity contribution in [2.75, 3.05) is 42.6 Å². The molecule has 3 aliphatic rings. The molecule has 208 valence electrons. The van der Waals surface area contributed by atoms with Gasteiger partial charge in [0.2, 0.25) is 5.91 Å². The molecule has 9 nitrogen and oxygen atoms in total. The zero-order valence-electron chi connectivity index (χ0n) is 23.0. The van der Waals surface area contributed by atoms with Gasteiger partial charge in [-0.05, 0) is 64.3 Å². The second-order valence-corrected chi connectivity index (χ2v) is 10.2. The first-order valence-electron chi connectivity index (χ1n) is 13.9. The van der Waals surface area contributed by atoms with Crippen molar-refractivity contribution in [1.82, 2.24) is 4.90 Å². The second kappa shape index (κ2) is 11.5. The van der Waals surface area contributed by atoms with E-state index >= 15 is 0 Å². The standard InChI is InChI=1S/C29H41N3O6/c1-6-17-31(21-13-11-20(12-14-21)30(8-3)9-4)27(35)25-29-16-15-22(38-29)23(28(36)37-10-5)24(29)26(34)32(25)19(7-2)18-33/h6,11-14,19,22-25,33H,1,7-10,15-18H2,2-5H3/t19-,22+,23-,24-,25?,29?/m0/s1. The summed E-state index contributed by atoms with van der Waals surface area (Å²) in [5, 5.41) is 10.2. The minimum atomic E-state index is -1.14. The maximum atomic E-state index is 14.5. The largest absolute Gasteiger partial charge is 0.466 e. The van der Waals surface area contributed by atoms with Crippen LogP contribution >= 0.6 is 0 Å². The molecule has 3 saturated heterocycles. The smallest absolute Gasteiger partial charge is 0.312 e.